The summed E-state index contributed by atoms with van der Waals surface area (Å²) in [7, 11) is 0. The first-order valence-corrected chi connectivity index (χ1v) is 12.4. The smallest absolute Gasteiger partial charge is 0.407 e. The van der Waals surface area contributed by atoms with E-state index < -0.39 is 11.4 Å². The molecule has 0 spiro atoms. The molecule has 1 amide bonds. The maximum Gasteiger partial charge on any atom is 0.407 e. The number of nitrogens with two attached hydrogens (primary N) is 1. The fourth-order valence-electron chi connectivity index (χ4n) is 4.27. The van der Waals surface area contributed by atoms with Crippen molar-refractivity contribution in [3.8, 4) is 22.9 Å². The first-order chi connectivity index (χ1) is 17.6. The van der Waals surface area contributed by atoms with E-state index >= 15 is 0 Å². The number of carbonyl (C=O) groups is 1. The van der Waals surface area contributed by atoms with Crippen LogP contribution in [0.4, 0.5) is 20.8 Å². The fraction of sp³-hybridized carbons (Fsp3) is 0.407. The van der Waals surface area contributed by atoms with Gasteiger partial charge in [0, 0.05) is 36.2 Å². The number of nitrogen functional groups attached to an aromatic ring is 1. The summed E-state index contributed by atoms with van der Waals surface area (Å²) in [6, 6.07) is 8.44. The molecule has 4 rings (SSSR count). The summed E-state index contributed by atoms with van der Waals surface area (Å²) in [5.74, 6) is 0.215. The van der Waals surface area contributed by atoms with Crippen molar-refractivity contribution in [1.82, 2.24) is 20.3 Å². The molecule has 2 aromatic heterocycles. The maximum atomic E-state index is 14.5. The Morgan fingerprint density at radius 3 is 2.51 bits per heavy atom. The first kappa shape index (κ1) is 26.1. The Labute approximate surface area is 216 Å². The normalized spacial score (nSPS) is 17.6. The minimum atomic E-state index is -0.559. The van der Waals surface area contributed by atoms with E-state index in [0.717, 1.165) is 25.7 Å². The van der Waals surface area contributed by atoms with Crippen LogP contribution in [-0.2, 0) is 4.74 Å². The molecule has 3 aromatic rings. The van der Waals surface area contributed by atoms with Crippen molar-refractivity contribution in [2.75, 3.05) is 11.1 Å². The van der Waals surface area contributed by atoms with Gasteiger partial charge in [0.25, 0.3) is 0 Å². The second-order valence-electron chi connectivity index (χ2n) is 10.2. The minimum absolute atomic E-state index is 0.0679. The predicted octanol–water partition coefficient (Wildman–Crippen LogP) is 5.61. The zero-order valence-electron chi connectivity index (χ0n) is 21.5. The van der Waals surface area contributed by atoms with E-state index in [2.05, 4.69) is 25.6 Å². The van der Waals surface area contributed by atoms with E-state index in [0.29, 0.717) is 28.5 Å². The van der Waals surface area contributed by atoms with Gasteiger partial charge in [-0.25, -0.2) is 24.1 Å². The van der Waals surface area contributed by atoms with Gasteiger partial charge in [-0.3, -0.25) is 0 Å². The number of amides is 1. The number of hydrogen-bond donors (Lipinski definition) is 3. The molecule has 0 aliphatic heterocycles. The van der Waals surface area contributed by atoms with Crippen LogP contribution in [0, 0.1) is 12.7 Å². The predicted molar refractivity (Wildman–Crippen MR) is 140 cm³/mol. The number of aryl methyl sites for hydroxylation is 1. The number of carbonyl (C=O) groups excluding carboxylic acids is 1. The third kappa shape index (κ3) is 7.05. The van der Waals surface area contributed by atoms with Crippen molar-refractivity contribution in [1.29, 1.82) is 0 Å². The molecule has 196 valence electrons. The summed E-state index contributed by atoms with van der Waals surface area (Å²) in [5, 5.41) is 6.35. The molecular weight excluding hydrogens is 475 g/mol. The van der Waals surface area contributed by atoms with Gasteiger partial charge in [0.05, 0.1) is 11.3 Å². The number of nitrogens with zero attached hydrogens (tertiary/aromatic N) is 3. The van der Waals surface area contributed by atoms with Crippen molar-refractivity contribution in [2.24, 2.45) is 0 Å². The summed E-state index contributed by atoms with van der Waals surface area (Å²) in [5.41, 5.74) is 7.29. The van der Waals surface area contributed by atoms with Gasteiger partial charge in [-0.2, -0.15) is 0 Å². The van der Waals surface area contributed by atoms with Gasteiger partial charge in [-0.05, 0) is 83.2 Å². The van der Waals surface area contributed by atoms with Crippen LogP contribution in [0.3, 0.4) is 0 Å². The van der Waals surface area contributed by atoms with Gasteiger partial charge in [-0.1, -0.05) is 0 Å². The number of rotatable bonds is 6. The number of ether oxygens (including phenoxy) is 2. The van der Waals surface area contributed by atoms with Gasteiger partial charge in [0.15, 0.2) is 11.6 Å². The molecule has 4 N–H and O–H groups in total. The molecule has 0 saturated heterocycles. The number of benzene rings is 1. The van der Waals surface area contributed by atoms with Crippen molar-refractivity contribution < 1.29 is 18.7 Å². The quantitative estimate of drug-likeness (QED) is 0.367. The second-order valence-corrected chi connectivity index (χ2v) is 10.2. The van der Waals surface area contributed by atoms with Crippen LogP contribution in [0.1, 0.15) is 52.0 Å². The standard InChI is InChI=1S/C27H33FN6O3/c1-16-14-17(29)15-21(28)23(16)36-24-20(6-5-12-30-24)22-11-13-31-25(34-22)32-18-7-9-19(10-8-18)33-26(35)37-27(2,3)4/h5-6,11-15,18-19H,7-10,29H2,1-4H3,(H,33,35)(H,31,32,34). The highest BCUT2D eigenvalue weighted by Gasteiger charge is 2.25. The van der Waals surface area contributed by atoms with E-state index in [1.165, 1.54) is 6.07 Å². The third-order valence-corrected chi connectivity index (χ3v) is 5.93. The summed E-state index contributed by atoms with van der Waals surface area (Å²) < 4.78 is 25.8. The average molecular weight is 509 g/mol. The van der Waals surface area contributed by atoms with E-state index in [4.69, 9.17) is 15.2 Å². The lowest BCUT2D eigenvalue weighted by molar-refractivity contribution is 0.0492. The Morgan fingerprint density at radius 2 is 1.81 bits per heavy atom. The highest BCUT2D eigenvalue weighted by atomic mass is 19.1. The summed E-state index contributed by atoms with van der Waals surface area (Å²) in [6.07, 6.45) is 6.20. The highest BCUT2D eigenvalue weighted by Crippen LogP contribution is 2.34. The molecule has 1 fully saturated rings. The van der Waals surface area contributed by atoms with Crippen LogP contribution in [0.2, 0.25) is 0 Å². The topological polar surface area (TPSA) is 124 Å². The zero-order valence-corrected chi connectivity index (χ0v) is 21.5. The van der Waals surface area contributed by atoms with Gasteiger partial charge < -0.3 is 25.8 Å². The van der Waals surface area contributed by atoms with Gasteiger partial charge in [0.2, 0.25) is 11.8 Å². The lowest BCUT2D eigenvalue weighted by atomic mass is 9.91. The summed E-state index contributed by atoms with van der Waals surface area (Å²) in [6.45, 7) is 7.26. The van der Waals surface area contributed by atoms with Crippen LogP contribution < -0.4 is 21.1 Å². The molecule has 1 saturated carbocycles. The first-order valence-electron chi connectivity index (χ1n) is 12.4. The number of aromatic nitrogens is 3. The molecule has 0 radical (unpaired) electrons. The maximum absolute atomic E-state index is 14.5. The number of pyridine rings is 1. The van der Waals surface area contributed by atoms with Crippen molar-refractivity contribution in [3.63, 3.8) is 0 Å². The largest absolute Gasteiger partial charge is 0.444 e. The number of anilines is 2. The van der Waals surface area contributed by atoms with E-state index in [1.807, 2.05) is 26.8 Å². The summed E-state index contributed by atoms with van der Waals surface area (Å²) in [4.78, 5) is 25.4. The average Bonchev–Trinajstić information content (AvgIpc) is 2.82. The zero-order chi connectivity index (χ0) is 26.6. The highest BCUT2D eigenvalue weighted by molar-refractivity contribution is 5.68. The molecule has 10 heteroatoms. The Balaban J connectivity index is 1.42. The van der Waals surface area contributed by atoms with Gasteiger partial charge >= 0.3 is 6.09 Å². The minimum Gasteiger partial charge on any atom is -0.444 e. The van der Waals surface area contributed by atoms with Crippen LogP contribution in [0.5, 0.6) is 11.6 Å². The van der Waals surface area contributed by atoms with Crippen molar-refractivity contribution in [3.05, 3.63) is 54.1 Å². The molecule has 0 bridgehead atoms. The molecule has 1 aromatic carbocycles. The Morgan fingerprint density at radius 1 is 1.08 bits per heavy atom. The molecule has 2 heterocycles. The molecule has 37 heavy (non-hydrogen) atoms. The van der Waals surface area contributed by atoms with E-state index in [-0.39, 0.29) is 29.8 Å². The van der Waals surface area contributed by atoms with Crippen molar-refractivity contribution >= 4 is 17.7 Å². The molecular formula is C27H33FN6O3. The Bertz CT molecular complexity index is 1230. The van der Waals surface area contributed by atoms with Gasteiger partial charge in [0.1, 0.15) is 5.60 Å². The third-order valence-electron chi connectivity index (χ3n) is 5.93. The monoisotopic (exact) mass is 508 g/mol. The number of alkyl carbamates (subject to hydrolysis) is 1. The molecule has 9 nitrogen and oxygen atoms in total. The van der Waals surface area contributed by atoms with E-state index in [1.54, 1.807) is 37.5 Å². The van der Waals surface area contributed by atoms with Crippen LogP contribution in [-0.4, -0.2) is 38.7 Å². The fourth-order valence-corrected chi connectivity index (χ4v) is 4.27. The molecule has 1 aliphatic carbocycles. The summed E-state index contributed by atoms with van der Waals surface area (Å²) >= 11 is 0. The lowest BCUT2D eigenvalue weighted by Gasteiger charge is -2.30. The SMILES string of the molecule is Cc1cc(N)cc(F)c1Oc1ncccc1-c1ccnc(NC2CCC(NC(=O)OC(C)(C)C)CC2)n1. The number of nitrogens with one attached hydrogen (secondary N) is 2. The number of hydrogen-bond acceptors (Lipinski definition) is 8. The molecule has 0 unspecified atom stereocenters. The second kappa shape index (κ2) is 11.0. The Kier molecular flexibility index (Phi) is 7.75. The van der Waals surface area contributed by atoms with Crippen molar-refractivity contribution in [2.45, 2.75) is 71.1 Å². The molecule has 0 atom stereocenters. The lowest BCUT2D eigenvalue weighted by Crippen LogP contribution is -2.42. The van der Waals surface area contributed by atoms with Crippen LogP contribution >= 0.6 is 0 Å². The van der Waals surface area contributed by atoms with E-state index in [9.17, 15) is 9.18 Å². The Hall–Kier alpha value is -3.95. The van der Waals surface area contributed by atoms with Crippen LogP contribution in [0.25, 0.3) is 11.3 Å². The van der Waals surface area contributed by atoms with Crippen LogP contribution in [0.15, 0.2) is 42.7 Å². The molecule has 1 aliphatic rings. The number of halogens is 1. The van der Waals surface area contributed by atoms with Gasteiger partial charge in [-0.15, -0.1) is 0 Å².